The van der Waals surface area contributed by atoms with Crippen molar-refractivity contribution < 1.29 is 23.0 Å². The first-order chi connectivity index (χ1) is 12.9. The Kier molecular flexibility index (Phi) is 5.92. The molecule has 0 aliphatic carbocycles. The van der Waals surface area contributed by atoms with Crippen LogP contribution in [0.1, 0.15) is 18.1 Å². The van der Waals surface area contributed by atoms with E-state index in [1.54, 1.807) is 19.1 Å². The molecule has 0 saturated heterocycles. The van der Waals surface area contributed by atoms with Crippen molar-refractivity contribution in [2.24, 2.45) is 0 Å². The van der Waals surface area contributed by atoms with Gasteiger partial charge in [0, 0.05) is 11.8 Å². The molecule has 0 unspecified atom stereocenters. The maximum absolute atomic E-state index is 14.1. The molecule has 0 amide bonds. The van der Waals surface area contributed by atoms with Crippen LogP contribution >= 0.6 is 15.9 Å². The van der Waals surface area contributed by atoms with Crippen LogP contribution < -0.4 is 4.90 Å². The average molecular weight is 440 g/mol. The lowest BCUT2D eigenvalue weighted by atomic mass is 10.1. The molecule has 0 atom stereocenters. The summed E-state index contributed by atoms with van der Waals surface area (Å²) in [6.07, 6.45) is 1.67. The number of allylic oxidation sites excluding steroid dienone is 2. The van der Waals surface area contributed by atoms with Crippen LogP contribution in [0.25, 0.3) is 0 Å². The maximum atomic E-state index is 14.1. The fourth-order valence-electron chi connectivity index (χ4n) is 2.85. The third-order valence-electron chi connectivity index (χ3n) is 4.26. The van der Waals surface area contributed by atoms with Crippen LogP contribution in [0.3, 0.4) is 0 Å². The summed E-state index contributed by atoms with van der Waals surface area (Å²) >= 11 is 3.40. The van der Waals surface area contributed by atoms with Crippen LogP contribution in [0.5, 0.6) is 0 Å². The standard InChI is InChI=1S/C20H17BrF3NO2/c1-12-7-19(27-11-13-5-6-15(22)8-14(13)10-26)16(21)9-25(12)20-17(23)3-2-4-18(20)24/h2-8,26H,9-11H2,1H3. The Balaban J connectivity index is 1.80. The van der Waals surface area contributed by atoms with E-state index in [2.05, 4.69) is 15.9 Å². The third kappa shape index (κ3) is 4.20. The van der Waals surface area contributed by atoms with E-state index in [1.165, 1.54) is 35.2 Å². The lowest BCUT2D eigenvalue weighted by Gasteiger charge is -2.30. The highest BCUT2D eigenvalue weighted by molar-refractivity contribution is 9.11. The zero-order valence-corrected chi connectivity index (χ0v) is 16.1. The van der Waals surface area contributed by atoms with Crippen LogP contribution in [0.4, 0.5) is 18.9 Å². The molecule has 1 aliphatic rings. The molecular formula is C20H17BrF3NO2. The second-order valence-electron chi connectivity index (χ2n) is 6.07. The summed E-state index contributed by atoms with van der Waals surface area (Å²) in [5, 5.41) is 9.35. The topological polar surface area (TPSA) is 32.7 Å². The molecular weight excluding hydrogens is 423 g/mol. The molecule has 27 heavy (non-hydrogen) atoms. The molecule has 2 aromatic carbocycles. The summed E-state index contributed by atoms with van der Waals surface area (Å²) in [4.78, 5) is 1.51. The molecule has 0 bridgehead atoms. The van der Waals surface area contributed by atoms with Crippen LogP contribution in [0, 0.1) is 17.5 Å². The number of rotatable bonds is 5. The smallest absolute Gasteiger partial charge is 0.149 e. The Bertz CT molecular complexity index is 907. The van der Waals surface area contributed by atoms with Crippen molar-refractivity contribution in [3.63, 3.8) is 0 Å². The Morgan fingerprint density at radius 1 is 1.11 bits per heavy atom. The minimum Gasteiger partial charge on any atom is -0.488 e. The van der Waals surface area contributed by atoms with E-state index < -0.39 is 17.5 Å². The number of aliphatic hydroxyl groups excluding tert-OH is 1. The van der Waals surface area contributed by atoms with Crippen LogP contribution in [0.15, 0.2) is 58.4 Å². The number of nitrogens with zero attached hydrogens (tertiary/aromatic N) is 1. The molecule has 0 radical (unpaired) electrons. The van der Waals surface area contributed by atoms with E-state index in [0.29, 0.717) is 27.1 Å². The van der Waals surface area contributed by atoms with Gasteiger partial charge in [0.15, 0.2) is 0 Å². The molecule has 3 rings (SSSR count). The number of halogens is 4. The molecule has 1 N–H and O–H groups in total. The van der Waals surface area contributed by atoms with Gasteiger partial charge in [-0.05, 0) is 58.2 Å². The predicted molar refractivity (Wildman–Crippen MR) is 101 cm³/mol. The molecule has 3 nitrogen and oxygen atoms in total. The monoisotopic (exact) mass is 439 g/mol. The Morgan fingerprint density at radius 2 is 1.81 bits per heavy atom. The van der Waals surface area contributed by atoms with Crippen LogP contribution in [-0.2, 0) is 18.0 Å². The predicted octanol–water partition coefficient (Wildman–Crippen LogP) is 5.14. The number of para-hydroxylation sites is 1. The SMILES string of the molecule is CC1=CC(OCc2ccc(F)cc2CO)=C(Br)CN1c1c(F)cccc1F. The van der Waals surface area contributed by atoms with E-state index in [4.69, 9.17) is 4.74 Å². The lowest BCUT2D eigenvalue weighted by molar-refractivity contribution is 0.203. The van der Waals surface area contributed by atoms with Crippen LogP contribution in [0.2, 0.25) is 0 Å². The van der Waals surface area contributed by atoms with Crippen molar-refractivity contribution in [1.29, 1.82) is 0 Å². The fraction of sp³-hybridized carbons (Fsp3) is 0.200. The summed E-state index contributed by atoms with van der Waals surface area (Å²) in [5.41, 5.74) is 1.58. The third-order valence-corrected chi connectivity index (χ3v) is 4.90. The van der Waals surface area contributed by atoms with Crippen molar-refractivity contribution in [3.8, 4) is 0 Å². The van der Waals surface area contributed by atoms with Crippen LogP contribution in [-0.4, -0.2) is 11.7 Å². The molecule has 1 aliphatic heterocycles. The molecule has 0 aromatic heterocycles. The first-order valence-electron chi connectivity index (χ1n) is 8.20. The fourth-order valence-corrected chi connectivity index (χ4v) is 3.33. The van der Waals surface area contributed by atoms with Crippen molar-refractivity contribution in [3.05, 3.63) is 87.0 Å². The van der Waals surface area contributed by atoms with Gasteiger partial charge in [0.25, 0.3) is 0 Å². The van der Waals surface area contributed by atoms with Gasteiger partial charge in [0.1, 0.15) is 35.5 Å². The molecule has 2 aromatic rings. The van der Waals surface area contributed by atoms with Gasteiger partial charge in [0.2, 0.25) is 0 Å². The maximum Gasteiger partial charge on any atom is 0.149 e. The first-order valence-corrected chi connectivity index (χ1v) is 8.99. The van der Waals surface area contributed by atoms with E-state index in [1.807, 2.05) is 0 Å². The molecule has 142 valence electrons. The number of hydrogen-bond acceptors (Lipinski definition) is 3. The summed E-state index contributed by atoms with van der Waals surface area (Å²) in [6, 6.07) is 7.84. The molecule has 0 fully saturated rings. The van der Waals surface area contributed by atoms with Gasteiger partial charge < -0.3 is 14.7 Å². The second-order valence-corrected chi connectivity index (χ2v) is 7.03. The van der Waals surface area contributed by atoms with Gasteiger partial charge in [-0.3, -0.25) is 0 Å². The highest BCUT2D eigenvalue weighted by Gasteiger charge is 2.24. The first kappa shape index (κ1) is 19.5. The number of benzene rings is 2. The molecule has 0 spiro atoms. The molecule has 1 heterocycles. The van der Waals surface area contributed by atoms with E-state index in [9.17, 15) is 18.3 Å². The Morgan fingerprint density at radius 3 is 2.48 bits per heavy atom. The van der Waals surface area contributed by atoms with Gasteiger partial charge in [-0.25, -0.2) is 13.2 Å². The Hall–Kier alpha value is -2.25. The highest BCUT2D eigenvalue weighted by Crippen LogP contribution is 2.33. The van der Waals surface area contributed by atoms with Gasteiger partial charge in [-0.15, -0.1) is 0 Å². The van der Waals surface area contributed by atoms with Gasteiger partial charge >= 0.3 is 0 Å². The minimum atomic E-state index is -0.647. The Labute approximate surface area is 163 Å². The second kappa shape index (κ2) is 8.19. The van der Waals surface area contributed by atoms with Gasteiger partial charge in [-0.2, -0.15) is 0 Å². The molecule has 7 heteroatoms. The van der Waals surface area contributed by atoms with Crippen molar-refractivity contribution in [2.75, 3.05) is 11.4 Å². The quantitative estimate of drug-likeness (QED) is 0.699. The summed E-state index contributed by atoms with van der Waals surface area (Å²) in [7, 11) is 0. The van der Waals surface area contributed by atoms with E-state index in [0.717, 1.165) is 0 Å². The number of anilines is 1. The number of ether oxygens (including phenoxy) is 1. The normalized spacial score (nSPS) is 14.4. The van der Waals surface area contributed by atoms with Gasteiger partial charge in [0.05, 0.1) is 17.6 Å². The molecule has 0 saturated carbocycles. The van der Waals surface area contributed by atoms with Gasteiger partial charge in [-0.1, -0.05) is 12.1 Å². The number of hydrogen-bond donors (Lipinski definition) is 1. The van der Waals surface area contributed by atoms with Crippen molar-refractivity contribution >= 4 is 21.6 Å². The summed E-state index contributed by atoms with van der Waals surface area (Å²) < 4.78 is 47.9. The van der Waals surface area contributed by atoms with E-state index >= 15 is 0 Å². The summed E-state index contributed by atoms with van der Waals surface area (Å²) in [5.74, 6) is -1.22. The zero-order chi connectivity index (χ0) is 19.6. The van der Waals surface area contributed by atoms with Crippen molar-refractivity contribution in [1.82, 2.24) is 0 Å². The van der Waals surface area contributed by atoms with E-state index in [-0.39, 0.29) is 25.4 Å². The largest absolute Gasteiger partial charge is 0.488 e. The average Bonchev–Trinajstić information content (AvgIpc) is 2.63. The van der Waals surface area contributed by atoms with Crippen molar-refractivity contribution in [2.45, 2.75) is 20.1 Å². The zero-order valence-electron chi connectivity index (χ0n) is 14.5. The number of aliphatic hydroxyl groups is 1. The highest BCUT2D eigenvalue weighted by atomic mass is 79.9. The summed E-state index contributed by atoms with van der Waals surface area (Å²) in [6.45, 7) is 1.75. The minimum absolute atomic E-state index is 0.122. The lowest BCUT2D eigenvalue weighted by Crippen LogP contribution is -2.28.